The van der Waals surface area contributed by atoms with Crippen molar-refractivity contribution in [2.24, 2.45) is 5.10 Å². The highest BCUT2D eigenvalue weighted by atomic mass is 16.5. The van der Waals surface area contributed by atoms with Gasteiger partial charge in [0.05, 0.1) is 26.1 Å². The van der Waals surface area contributed by atoms with Crippen molar-refractivity contribution < 1.29 is 19.1 Å². The smallest absolute Gasteiger partial charge is 0.329 e. The van der Waals surface area contributed by atoms with E-state index in [1.807, 2.05) is 30.3 Å². The predicted molar refractivity (Wildman–Crippen MR) is 90.4 cm³/mol. The maximum absolute atomic E-state index is 11.9. The topological polar surface area (TPSA) is 89.0 Å². The number of benzene rings is 2. The maximum Gasteiger partial charge on any atom is 0.329 e. The lowest BCUT2D eigenvalue weighted by Crippen LogP contribution is -2.32. The molecule has 7 heteroatoms. The van der Waals surface area contributed by atoms with E-state index in [1.165, 1.54) is 20.4 Å². The van der Waals surface area contributed by atoms with E-state index in [-0.39, 0.29) is 0 Å². The van der Waals surface area contributed by atoms with Gasteiger partial charge in [-0.2, -0.15) is 5.10 Å². The third kappa shape index (κ3) is 4.57. The van der Waals surface area contributed by atoms with Crippen molar-refractivity contribution in [3.8, 4) is 11.5 Å². The van der Waals surface area contributed by atoms with Gasteiger partial charge in [-0.1, -0.05) is 30.3 Å². The first kappa shape index (κ1) is 17.0. The summed E-state index contributed by atoms with van der Waals surface area (Å²) < 4.78 is 10.2. The van der Waals surface area contributed by atoms with Crippen LogP contribution in [0.3, 0.4) is 0 Å². The van der Waals surface area contributed by atoms with Crippen molar-refractivity contribution in [3.05, 3.63) is 54.1 Å². The molecule has 0 fully saturated rings. The Morgan fingerprint density at radius 3 is 2.42 bits per heavy atom. The van der Waals surface area contributed by atoms with Gasteiger partial charge in [0, 0.05) is 6.07 Å². The molecule has 0 unspecified atom stereocenters. The summed E-state index contributed by atoms with van der Waals surface area (Å²) in [6, 6.07) is 14.0. The average Bonchev–Trinajstić information content (AvgIpc) is 2.62. The molecule has 0 spiro atoms. The standard InChI is InChI=1S/C17H17N3O4/c1-23-13-8-9-15(24-2)14(10-13)19-16(21)17(22)20-18-11-12-6-4-3-5-7-12/h3-11H,1-2H3,(H,19,21)(H,20,22). The molecular formula is C17H17N3O4. The molecule has 0 saturated heterocycles. The van der Waals surface area contributed by atoms with Crippen molar-refractivity contribution in [1.29, 1.82) is 0 Å². The summed E-state index contributed by atoms with van der Waals surface area (Å²) in [4.78, 5) is 23.7. The van der Waals surface area contributed by atoms with Crippen LogP contribution in [0.4, 0.5) is 5.69 Å². The van der Waals surface area contributed by atoms with Gasteiger partial charge < -0.3 is 14.8 Å². The van der Waals surface area contributed by atoms with Crippen LogP contribution >= 0.6 is 0 Å². The second-order valence-electron chi connectivity index (χ2n) is 4.63. The normalized spacial score (nSPS) is 10.2. The Labute approximate surface area is 139 Å². The Hall–Kier alpha value is -3.35. The number of rotatable bonds is 5. The predicted octanol–water partition coefficient (Wildman–Crippen LogP) is 1.79. The van der Waals surface area contributed by atoms with Crippen molar-refractivity contribution in [2.75, 3.05) is 19.5 Å². The van der Waals surface area contributed by atoms with Crippen molar-refractivity contribution in [3.63, 3.8) is 0 Å². The molecule has 2 amide bonds. The van der Waals surface area contributed by atoms with Crippen LogP contribution in [0.2, 0.25) is 0 Å². The van der Waals surface area contributed by atoms with Crippen LogP contribution in [0.1, 0.15) is 5.56 Å². The van der Waals surface area contributed by atoms with E-state index in [1.54, 1.807) is 18.2 Å². The second kappa shape index (κ2) is 8.33. The Kier molecular flexibility index (Phi) is 5.90. The summed E-state index contributed by atoms with van der Waals surface area (Å²) in [6.07, 6.45) is 1.44. The minimum Gasteiger partial charge on any atom is -0.497 e. The summed E-state index contributed by atoms with van der Waals surface area (Å²) in [6.45, 7) is 0. The molecule has 7 nitrogen and oxygen atoms in total. The quantitative estimate of drug-likeness (QED) is 0.498. The van der Waals surface area contributed by atoms with E-state index in [4.69, 9.17) is 9.47 Å². The Morgan fingerprint density at radius 2 is 1.75 bits per heavy atom. The number of carbonyl (C=O) groups excluding carboxylic acids is 2. The zero-order chi connectivity index (χ0) is 17.4. The number of methoxy groups -OCH3 is 2. The van der Waals surface area contributed by atoms with Gasteiger partial charge in [-0.15, -0.1) is 0 Å². The molecule has 0 bridgehead atoms. The van der Waals surface area contributed by atoms with Gasteiger partial charge in [-0.3, -0.25) is 9.59 Å². The number of hydrazone groups is 1. The van der Waals surface area contributed by atoms with Crippen LogP contribution in [0.15, 0.2) is 53.6 Å². The van der Waals surface area contributed by atoms with Crippen molar-refractivity contribution in [2.45, 2.75) is 0 Å². The van der Waals surface area contributed by atoms with E-state index in [0.717, 1.165) is 5.56 Å². The van der Waals surface area contributed by atoms with Crippen LogP contribution < -0.4 is 20.2 Å². The highest BCUT2D eigenvalue weighted by Crippen LogP contribution is 2.28. The molecule has 0 aliphatic rings. The average molecular weight is 327 g/mol. The second-order valence-corrected chi connectivity index (χ2v) is 4.63. The molecule has 2 aromatic rings. The first-order valence-electron chi connectivity index (χ1n) is 7.05. The van der Waals surface area contributed by atoms with Crippen LogP contribution in [0.25, 0.3) is 0 Å². The molecule has 2 N–H and O–H groups in total. The summed E-state index contributed by atoms with van der Waals surface area (Å²) in [5, 5.41) is 6.19. The van der Waals surface area contributed by atoms with Crippen molar-refractivity contribution in [1.82, 2.24) is 5.43 Å². The molecule has 124 valence electrons. The zero-order valence-corrected chi connectivity index (χ0v) is 13.3. The minimum absolute atomic E-state index is 0.323. The Bertz CT molecular complexity index is 745. The SMILES string of the molecule is COc1ccc(OC)c(NC(=O)C(=O)NN=Cc2ccccc2)c1. The van der Waals surface area contributed by atoms with Gasteiger partial charge in [-0.05, 0) is 17.7 Å². The van der Waals surface area contributed by atoms with Crippen LogP contribution in [-0.2, 0) is 9.59 Å². The van der Waals surface area contributed by atoms with Crippen molar-refractivity contribution >= 4 is 23.7 Å². The first-order chi connectivity index (χ1) is 11.6. The number of hydrogen-bond acceptors (Lipinski definition) is 5. The molecule has 2 rings (SSSR count). The van der Waals surface area contributed by atoms with E-state index in [9.17, 15) is 9.59 Å². The van der Waals surface area contributed by atoms with Gasteiger partial charge in [0.1, 0.15) is 11.5 Å². The van der Waals surface area contributed by atoms with E-state index in [0.29, 0.717) is 17.2 Å². The molecule has 0 aliphatic heterocycles. The molecule has 0 heterocycles. The lowest BCUT2D eigenvalue weighted by Gasteiger charge is -2.11. The molecule has 24 heavy (non-hydrogen) atoms. The Morgan fingerprint density at radius 1 is 1.00 bits per heavy atom. The summed E-state index contributed by atoms with van der Waals surface area (Å²) >= 11 is 0. The Balaban J connectivity index is 1.99. The van der Waals surface area contributed by atoms with Crippen LogP contribution in [-0.4, -0.2) is 32.2 Å². The van der Waals surface area contributed by atoms with Crippen LogP contribution in [0.5, 0.6) is 11.5 Å². The molecule has 0 aliphatic carbocycles. The van der Waals surface area contributed by atoms with E-state index < -0.39 is 11.8 Å². The van der Waals surface area contributed by atoms with Gasteiger partial charge >= 0.3 is 11.8 Å². The molecule has 0 saturated carbocycles. The number of carbonyl (C=O) groups is 2. The largest absolute Gasteiger partial charge is 0.497 e. The number of anilines is 1. The highest BCUT2D eigenvalue weighted by molar-refractivity contribution is 6.39. The molecule has 2 aromatic carbocycles. The fourth-order valence-electron chi connectivity index (χ4n) is 1.85. The first-order valence-corrected chi connectivity index (χ1v) is 7.05. The van der Waals surface area contributed by atoms with E-state index in [2.05, 4.69) is 15.8 Å². The summed E-state index contributed by atoms with van der Waals surface area (Å²) in [5.74, 6) is -0.836. The minimum atomic E-state index is -0.896. The highest BCUT2D eigenvalue weighted by Gasteiger charge is 2.15. The van der Waals surface area contributed by atoms with Crippen LogP contribution in [0, 0.1) is 0 Å². The zero-order valence-electron chi connectivity index (χ0n) is 13.3. The fraction of sp³-hybridized carbons (Fsp3) is 0.118. The number of nitrogens with zero attached hydrogens (tertiary/aromatic N) is 1. The van der Waals surface area contributed by atoms with E-state index >= 15 is 0 Å². The summed E-state index contributed by atoms with van der Waals surface area (Å²) in [7, 11) is 2.96. The molecule has 0 radical (unpaired) electrons. The van der Waals surface area contributed by atoms with Gasteiger partial charge in [0.25, 0.3) is 0 Å². The third-order valence-electron chi connectivity index (χ3n) is 3.04. The van der Waals surface area contributed by atoms with Gasteiger partial charge in [0.2, 0.25) is 0 Å². The van der Waals surface area contributed by atoms with Gasteiger partial charge in [0.15, 0.2) is 0 Å². The number of nitrogens with one attached hydrogen (secondary N) is 2. The third-order valence-corrected chi connectivity index (χ3v) is 3.04. The number of hydrogen-bond donors (Lipinski definition) is 2. The molecular weight excluding hydrogens is 310 g/mol. The lowest BCUT2D eigenvalue weighted by atomic mass is 10.2. The fourth-order valence-corrected chi connectivity index (χ4v) is 1.85. The molecule has 0 aromatic heterocycles. The lowest BCUT2D eigenvalue weighted by molar-refractivity contribution is -0.136. The monoisotopic (exact) mass is 327 g/mol. The number of amides is 2. The molecule has 0 atom stereocenters. The summed E-state index contributed by atoms with van der Waals surface area (Å²) in [5.41, 5.74) is 3.29. The maximum atomic E-state index is 11.9. The number of ether oxygens (including phenoxy) is 2. The van der Waals surface area contributed by atoms with Gasteiger partial charge in [-0.25, -0.2) is 5.43 Å².